The number of hydrogen-bond donors (Lipinski definition) is 1. The Bertz CT molecular complexity index is 1520. The Hall–Kier alpha value is -4.03. The molecule has 0 spiro atoms. The van der Waals surface area contributed by atoms with Gasteiger partial charge in [-0.25, -0.2) is 4.68 Å². The second kappa shape index (κ2) is 9.08. The van der Waals surface area contributed by atoms with E-state index in [1.165, 1.54) is 11.1 Å². The van der Waals surface area contributed by atoms with Crippen molar-refractivity contribution in [2.24, 2.45) is 5.10 Å². The molecule has 0 fully saturated rings. The van der Waals surface area contributed by atoms with Gasteiger partial charge in [-0.1, -0.05) is 66.2 Å². The van der Waals surface area contributed by atoms with Crippen LogP contribution in [0.2, 0.25) is 5.15 Å². The Morgan fingerprint density at radius 2 is 1.59 bits per heavy atom. The monoisotopic (exact) mass is 466 g/mol. The molecule has 5 aromatic rings. The SMILES string of the molecule is Cc1ccc(-c2nnc(N/N=C/c3c(C)nn(-c4ccccc4)c3Cl)c3ccccc23)cc1C. The summed E-state index contributed by atoms with van der Waals surface area (Å²) in [5.74, 6) is 0.573. The third-order valence-corrected chi connectivity index (χ3v) is 6.24. The predicted octanol–water partition coefficient (Wildman–Crippen LogP) is 6.51. The van der Waals surface area contributed by atoms with Crippen molar-refractivity contribution in [3.8, 4) is 16.9 Å². The molecule has 34 heavy (non-hydrogen) atoms. The number of para-hydroxylation sites is 1. The van der Waals surface area contributed by atoms with Gasteiger partial charge in [0.15, 0.2) is 5.82 Å². The molecule has 0 aliphatic carbocycles. The number of anilines is 1. The maximum Gasteiger partial charge on any atom is 0.176 e. The molecule has 0 unspecified atom stereocenters. The number of aryl methyl sites for hydroxylation is 3. The highest BCUT2D eigenvalue weighted by Crippen LogP contribution is 2.30. The normalized spacial score (nSPS) is 11.4. The first kappa shape index (κ1) is 21.8. The highest BCUT2D eigenvalue weighted by Gasteiger charge is 2.14. The van der Waals surface area contributed by atoms with Crippen LogP contribution >= 0.6 is 11.6 Å². The summed E-state index contributed by atoms with van der Waals surface area (Å²) in [5.41, 5.74) is 9.80. The minimum atomic E-state index is 0.496. The van der Waals surface area contributed by atoms with Crippen LogP contribution in [0.15, 0.2) is 77.9 Å². The van der Waals surface area contributed by atoms with E-state index in [1.54, 1.807) is 10.9 Å². The summed E-state index contributed by atoms with van der Waals surface area (Å²) >= 11 is 6.61. The van der Waals surface area contributed by atoms with Crippen LogP contribution in [0.3, 0.4) is 0 Å². The zero-order chi connectivity index (χ0) is 23.7. The van der Waals surface area contributed by atoms with E-state index in [9.17, 15) is 0 Å². The number of hydrazone groups is 1. The van der Waals surface area contributed by atoms with Crippen LogP contribution in [0.4, 0.5) is 5.82 Å². The molecule has 3 aromatic carbocycles. The second-order valence-electron chi connectivity index (χ2n) is 8.15. The zero-order valence-electron chi connectivity index (χ0n) is 19.1. The van der Waals surface area contributed by atoms with Crippen molar-refractivity contribution in [2.75, 3.05) is 5.43 Å². The average Bonchev–Trinajstić information content (AvgIpc) is 3.15. The van der Waals surface area contributed by atoms with E-state index in [0.29, 0.717) is 11.0 Å². The summed E-state index contributed by atoms with van der Waals surface area (Å²) in [4.78, 5) is 0. The fourth-order valence-corrected chi connectivity index (χ4v) is 4.17. The van der Waals surface area contributed by atoms with E-state index in [2.05, 4.69) is 57.9 Å². The first-order valence-corrected chi connectivity index (χ1v) is 11.3. The highest BCUT2D eigenvalue weighted by molar-refractivity contribution is 6.32. The van der Waals surface area contributed by atoms with E-state index in [-0.39, 0.29) is 0 Å². The van der Waals surface area contributed by atoms with Crippen molar-refractivity contribution in [1.29, 1.82) is 0 Å². The Balaban J connectivity index is 1.47. The smallest absolute Gasteiger partial charge is 0.176 e. The van der Waals surface area contributed by atoms with Gasteiger partial charge in [0, 0.05) is 16.3 Å². The molecule has 0 radical (unpaired) electrons. The fraction of sp³-hybridized carbons (Fsp3) is 0.111. The van der Waals surface area contributed by atoms with E-state index in [1.807, 2.05) is 61.5 Å². The van der Waals surface area contributed by atoms with Crippen molar-refractivity contribution in [2.45, 2.75) is 20.8 Å². The number of fused-ring (bicyclic) bond motifs is 1. The second-order valence-corrected chi connectivity index (χ2v) is 8.51. The van der Waals surface area contributed by atoms with E-state index in [4.69, 9.17) is 11.6 Å². The fourth-order valence-electron chi connectivity index (χ4n) is 3.84. The lowest BCUT2D eigenvalue weighted by atomic mass is 10.0. The first-order valence-electron chi connectivity index (χ1n) is 11.0. The van der Waals surface area contributed by atoms with Crippen LogP contribution in [0, 0.1) is 20.8 Å². The minimum absolute atomic E-state index is 0.496. The predicted molar refractivity (Wildman–Crippen MR) is 139 cm³/mol. The van der Waals surface area contributed by atoms with Crippen molar-refractivity contribution in [1.82, 2.24) is 20.0 Å². The average molecular weight is 467 g/mol. The summed E-state index contributed by atoms with van der Waals surface area (Å²) in [7, 11) is 0. The van der Waals surface area contributed by atoms with Crippen LogP contribution in [0.1, 0.15) is 22.4 Å². The van der Waals surface area contributed by atoms with Crippen molar-refractivity contribution < 1.29 is 0 Å². The Kier molecular flexibility index (Phi) is 5.82. The molecule has 0 bridgehead atoms. The number of nitrogens with zero attached hydrogens (tertiary/aromatic N) is 5. The third-order valence-electron chi connectivity index (χ3n) is 5.88. The molecule has 2 heterocycles. The maximum absolute atomic E-state index is 6.61. The lowest BCUT2D eigenvalue weighted by Gasteiger charge is -2.10. The lowest BCUT2D eigenvalue weighted by molar-refractivity contribution is 0.863. The Morgan fingerprint density at radius 1 is 0.853 bits per heavy atom. The minimum Gasteiger partial charge on any atom is -0.259 e. The van der Waals surface area contributed by atoms with E-state index >= 15 is 0 Å². The summed E-state index contributed by atoms with van der Waals surface area (Å²) in [6, 6.07) is 24.1. The maximum atomic E-state index is 6.61. The largest absolute Gasteiger partial charge is 0.259 e. The molecule has 0 atom stereocenters. The molecule has 0 saturated heterocycles. The summed E-state index contributed by atoms with van der Waals surface area (Å²) in [6.45, 7) is 6.11. The van der Waals surface area contributed by atoms with Gasteiger partial charge in [0.2, 0.25) is 0 Å². The molecule has 0 aliphatic heterocycles. The molecule has 0 saturated carbocycles. The van der Waals surface area contributed by atoms with Crippen molar-refractivity contribution >= 4 is 34.4 Å². The highest BCUT2D eigenvalue weighted by atomic mass is 35.5. The quantitative estimate of drug-likeness (QED) is 0.237. The zero-order valence-corrected chi connectivity index (χ0v) is 19.9. The van der Waals surface area contributed by atoms with E-state index in [0.717, 1.165) is 39.0 Å². The summed E-state index contributed by atoms with van der Waals surface area (Å²) in [6.07, 6.45) is 1.66. The van der Waals surface area contributed by atoms with Crippen LogP contribution in [0.5, 0.6) is 0 Å². The van der Waals surface area contributed by atoms with Gasteiger partial charge in [0.25, 0.3) is 0 Å². The van der Waals surface area contributed by atoms with Crippen molar-refractivity contribution in [3.05, 3.63) is 100 Å². The Labute approximate surface area is 202 Å². The van der Waals surface area contributed by atoms with Gasteiger partial charge < -0.3 is 0 Å². The number of hydrogen-bond acceptors (Lipinski definition) is 5. The number of nitrogens with one attached hydrogen (secondary N) is 1. The van der Waals surface area contributed by atoms with Gasteiger partial charge in [-0.05, 0) is 50.1 Å². The van der Waals surface area contributed by atoms with Crippen LogP contribution in [0.25, 0.3) is 27.7 Å². The molecular weight excluding hydrogens is 444 g/mol. The van der Waals surface area contributed by atoms with Gasteiger partial charge in [-0.3, -0.25) is 5.43 Å². The van der Waals surface area contributed by atoms with E-state index < -0.39 is 0 Å². The topological polar surface area (TPSA) is 68.0 Å². The van der Waals surface area contributed by atoms with Gasteiger partial charge in [0.05, 0.1) is 23.2 Å². The molecule has 1 N–H and O–H groups in total. The van der Waals surface area contributed by atoms with Crippen molar-refractivity contribution in [3.63, 3.8) is 0 Å². The van der Waals surface area contributed by atoms with Crippen LogP contribution in [-0.4, -0.2) is 26.2 Å². The third kappa shape index (κ3) is 4.04. The molecule has 7 heteroatoms. The van der Waals surface area contributed by atoms with Gasteiger partial charge in [0.1, 0.15) is 10.8 Å². The van der Waals surface area contributed by atoms with Gasteiger partial charge in [-0.15, -0.1) is 10.2 Å². The first-order chi connectivity index (χ1) is 16.5. The number of benzene rings is 3. The number of aromatic nitrogens is 4. The summed E-state index contributed by atoms with van der Waals surface area (Å²) < 4.78 is 1.70. The molecule has 0 aliphatic rings. The van der Waals surface area contributed by atoms with Gasteiger partial charge >= 0.3 is 0 Å². The van der Waals surface area contributed by atoms with Crippen LogP contribution in [-0.2, 0) is 0 Å². The molecular formula is C27H23ClN6. The molecule has 0 amide bonds. The Morgan fingerprint density at radius 3 is 2.35 bits per heavy atom. The molecule has 5 rings (SSSR count). The summed E-state index contributed by atoms with van der Waals surface area (Å²) in [5, 5.41) is 20.4. The standard InChI is InChI=1S/C27H23ClN6/c1-17-13-14-20(15-18(17)2)25-22-11-7-8-12-23(22)27(32-30-25)31-29-16-24-19(3)33-34(26(24)28)21-9-5-4-6-10-21/h4-16H,1-3H3,(H,31,32)/b29-16+. The van der Waals surface area contributed by atoms with Crippen LogP contribution < -0.4 is 5.43 Å². The molecule has 168 valence electrons. The van der Waals surface area contributed by atoms with Gasteiger partial charge in [-0.2, -0.15) is 10.2 Å². The molecule has 6 nitrogen and oxygen atoms in total. The molecule has 2 aromatic heterocycles. The number of rotatable bonds is 5. The number of halogens is 1. The lowest BCUT2D eigenvalue weighted by Crippen LogP contribution is -2.00.